The van der Waals surface area contributed by atoms with Gasteiger partial charge in [0.25, 0.3) is 0 Å². The summed E-state index contributed by atoms with van der Waals surface area (Å²) in [7, 11) is 0. The molecule has 0 heterocycles. The number of hydrogen-bond acceptors (Lipinski definition) is 3. The minimum atomic E-state index is -0.497. The second kappa shape index (κ2) is 6.42. The Morgan fingerprint density at radius 1 is 1.41 bits per heavy atom. The van der Waals surface area contributed by atoms with Crippen LogP contribution in [0.4, 0.5) is 0 Å². The van der Waals surface area contributed by atoms with Gasteiger partial charge in [-0.15, -0.1) is 11.8 Å². The van der Waals surface area contributed by atoms with Crippen LogP contribution in [0, 0.1) is 0 Å². The van der Waals surface area contributed by atoms with Crippen molar-refractivity contribution in [3.63, 3.8) is 0 Å². The van der Waals surface area contributed by atoms with Gasteiger partial charge in [0.15, 0.2) is 0 Å². The number of amides is 1. The molecule has 3 N–H and O–H groups in total. The maximum Gasteiger partial charge on any atom is 0.236 e. The molecule has 0 unspecified atom stereocenters. The first-order valence-corrected chi connectivity index (χ1v) is 6.99. The van der Waals surface area contributed by atoms with E-state index >= 15 is 0 Å². The van der Waals surface area contributed by atoms with Crippen LogP contribution in [-0.2, 0) is 4.79 Å². The van der Waals surface area contributed by atoms with Crippen molar-refractivity contribution in [3.05, 3.63) is 28.7 Å². The SMILES string of the molecule is CC(C)(Sc1ccc(Br)cc1)C(=O)NCCN. The normalized spacial score (nSPS) is 11.3. The molecule has 0 radical (unpaired) electrons. The largest absolute Gasteiger partial charge is 0.354 e. The Labute approximate surface area is 115 Å². The van der Waals surface area contributed by atoms with E-state index in [1.54, 1.807) is 0 Å². The van der Waals surface area contributed by atoms with Gasteiger partial charge in [0.2, 0.25) is 5.91 Å². The number of rotatable bonds is 5. The lowest BCUT2D eigenvalue weighted by Crippen LogP contribution is -2.41. The molecule has 3 nitrogen and oxygen atoms in total. The Balaban J connectivity index is 2.65. The van der Waals surface area contributed by atoms with Crippen LogP contribution >= 0.6 is 27.7 Å². The van der Waals surface area contributed by atoms with Gasteiger partial charge in [-0.3, -0.25) is 4.79 Å². The number of carbonyl (C=O) groups excluding carboxylic acids is 1. The first-order valence-electron chi connectivity index (χ1n) is 5.38. The molecule has 0 aromatic heterocycles. The molecule has 0 fully saturated rings. The first-order chi connectivity index (χ1) is 7.95. The van der Waals surface area contributed by atoms with E-state index in [0.717, 1.165) is 9.37 Å². The van der Waals surface area contributed by atoms with Gasteiger partial charge in [-0.25, -0.2) is 0 Å². The van der Waals surface area contributed by atoms with Gasteiger partial charge in [-0.05, 0) is 38.1 Å². The summed E-state index contributed by atoms with van der Waals surface area (Å²) in [5, 5.41) is 2.81. The third kappa shape index (κ3) is 4.69. The van der Waals surface area contributed by atoms with E-state index in [1.165, 1.54) is 11.8 Å². The summed E-state index contributed by atoms with van der Waals surface area (Å²) >= 11 is 4.93. The number of nitrogens with one attached hydrogen (secondary N) is 1. The van der Waals surface area contributed by atoms with Crippen LogP contribution in [-0.4, -0.2) is 23.7 Å². The highest BCUT2D eigenvalue weighted by Crippen LogP contribution is 2.33. The van der Waals surface area contributed by atoms with Gasteiger partial charge in [-0.2, -0.15) is 0 Å². The zero-order valence-corrected chi connectivity index (χ0v) is 12.4. The quantitative estimate of drug-likeness (QED) is 0.820. The highest BCUT2D eigenvalue weighted by Gasteiger charge is 2.28. The number of benzene rings is 1. The minimum absolute atomic E-state index is 0.0101. The van der Waals surface area contributed by atoms with Crippen LogP contribution in [0.1, 0.15) is 13.8 Å². The molecule has 0 aliphatic heterocycles. The first kappa shape index (κ1) is 14.5. The molecule has 0 aliphatic rings. The van der Waals surface area contributed by atoms with Crippen molar-refractivity contribution in [2.24, 2.45) is 5.73 Å². The number of nitrogens with two attached hydrogens (primary N) is 1. The summed E-state index contributed by atoms with van der Waals surface area (Å²) in [5.74, 6) is 0.0101. The fourth-order valence-corrected chi connectivity index (χ4v) is 2.53. The lowest BCUT2D eigenvalue weighted by molar-refractivity contribution is -0.122. The molecule has 0 bridgehead atoms. The second-order valence-electron chi connectivity index (χ2n) is 4.11. The molecule has 0 saturated carbocycles. The number of hydrogen-bond donors (Lipinski definition) is 2. The summed E-state index contributed by atoms with van der Waals surface area (Å²) in [6.45, 7) is 4.80. The van der Waals surface area contributed by atoms with E-state index in [2.05, 4.69) is 21.2 Å². The van der Waals surface area contributed by atoms with Crippen LogP contribution in [0.15, 0.2) is 33.6 Å². The number of thioether (sulfide) groups is 1. The molecule has 1 aromatic rings. The van der Waals surface area contributed by atoms with Crippen molar-refractivity contribution < 1.29 is 4.79 Å². The summed E-state index contributed by atoms with van der Waals surface area (Å²) < 4.78 is 0.537. The molecule has 1 amide bonds. The molecule has 0 atom stereocenters. The van der Waals surface area contributed by atoms with Crippen LogP contribution in [0.5, 0.6) is 0 Å². The Morgan fingerprint density at radius 3 is 2.53 bits per heavy atom. The van der Waals surface area contributed by atoms with Gasteiger partial charge in [0, 0.05) is 22.5 Å². The molecule has 17 heavy (non-hydrogen) atoms. The van der Waals surface area contributed by atoms with Crippen LogP contribution in [0.3, 0.4) is 0 Å². The monoisotopic (exact) mass is 316 g/mol. The summed E-state index contributed by atoms with van der Waals surface area (Å²) in [6.07, 6.45) is 0. The summed E-state index contributed by atoms with van der Waals surface area (Å²) in [4.78, 5) is 13.0. The standard InChI is InChI=1S/C12H17BrN2OS/c1-12(2,11(16)15-8-7-14)17-10-5-3-9(13)4-6-10/h3-6H,7-8,14H2,1-2H3,(H,15,16). The maximum atomic E-state index is 11.9. The Hall–Kier alpha value is -0.520. The fraction of sp³-hybridized carbons (Fsp3) is 0.417. The zero-order valence-electron chi connectivity index (χ0n) is 10.00. The highest BCUT2D eigenvalue weighted by atomic mass is 79.9. The van der Waals surface area contributed by atoms with E-state index in [9.17, 15) is 4.79 Å². The smallest absolute Gasteiger partial charge is 0.236 e. The summed E-state index contributed by atoms with van der Waals surface area (Å²) in [6, 6.07) is 7.92. The second-order valence-corrected chi connectivity index (χ2v) is 6.72. The molecule has 0 spiro atoms. The van der Waals surface area contributed by atoms with Crippen molar-refractivity contribution in [1.82, 2.24) is 5.32 Å². The number of carbonyl (C=O) groups is 1. The summed E-state index contributed by atoms with van der Waals surface area (Å²) in [5.41, 5.74) is 5.36. The van der Waals surface area contributed by atoms with E-state index < -0.39 is 4.75 Å². The number of halogens is 1. The average Bonchev–Trinajstić information content (AvgIpc) is 2.28. The predicted molar refractivity (Wildman–Crippen MR) is 76.1 cm³/mol. The lowest BCUT2D eigenvalue weighted by Gasteiger charge is -2.22. The van der Waals surface area contributed by atoms with Crippen LogP contribution in [0.2, 0.25) is 0 Å². The van der Waals surface area contributed by atoms with E-state index in [-0.39, 0.29) is 5.91 Å². The van der Waals surface area contributed by atoms with Gasteiger partial charge in [-0.1, -0.05) is 15.9 Å². The fourth-order valence-electron chi connectivity index (χ4n) is 1.24. The Kier molecular flexibility index (Phi) is 5.49. The minimum Gasteiger partial charge on any atom is -0.354 e. The van der Waals surface area contributed by atoms with Gasteiger partial charge in [0.05, 0.1) is 4.75 Å². The molecule has 0 saturated heterocycles. The van der Waals surface area contributed by atoms with Crippen molar-refractivity contribution in [1.29, 1.82) is 0 Å². The van der Waals surface area contributed by atoms with Crippen LogP contribution < -0.4 is 11.1 Å². The molecule has 1 rings (SSSR count). The Bertz CT molecular complexity index is 379. The molecule has 1 aromatic carbocycles. The molecule has 0 aliphatic carbocycles. The molecular formula is C12H17BrN2OS. The molecule has 5 heteroatoms. The van der Waals surface area contributed by atoms with E-state index in [4.69, 9.17) is 5.73 Å². The maximum absolute atomic E-state index is 11.9. The van der Waals surface area contributed by atoms with Crippen molar-refractivity contribution in [3.8, 4) is 0 Å². The van der Waals surface area contributed by atoms with Gasteiger partial charge < -0.3 is 11.1 Å². The Morgan fingerprint density at radius 2 is 2.00 bits per heavy atom. The van der Waals surface area contributed by atoms with Crippen LogP contribution in [0.25, 0.3) is 0 Å². The lowest BCUT2D eigenvalue weighted by atomic mass is 10.2. The van der Waals surface area contributed by atoms with E-state index in [0.29, 0.717) is 13.1 Å². The third-order valence-corrected chi connectivity index (χ3v) is 3.90. The third-order valence-electron chi connectivity index (χ3n) is 2.16. The topological polar surface area (TPSA) is 55.1 Å². The van der Waals surface area contributed by atoms with Crippen molar-refractivity contribution in [2.45, 2.75) is 23.5 Å². The van der Waals surface area contributed by atoms with Gasteiger partial charge in [0.1, 0.15) is 0 Å². The van der Waals surface area contributed by atoms with Gasteiger partial charge >= 0.3 is 0 Å². The highest BCUT2D eigenvalue weighted by molar-refractivity contribution is 9.10. The van der Waals surface area contributed by atoms with E-state index in [1.807, 2.05) is 38.1 Å². The zero-order chi connectivity index (χ0) is 12.9. The molecular weight excluding hydrogens is 300 g/mol. The molecule has 94 valence electrons. The van der Waals surface area contributed by atoms with Crippen molar-refractivity contribution >= 4 is 33.6 Å². The predicted octanol–water partition coefficient (Wildman–Crippen LogP) is 2.39. The van der Waals surface area contributed by atoms with Crippen molar-refractivity contribution in [2.75, 3.05) is 13.1 Å². The average molecular weight is 317 g/mol.